The van der Waals surface area contributed by atoms with E-state index in [-0.39, 0.29) is 18.9 Å². The molecule has 130 valence electrons. The highest BCUT2D eigenvalue weighted by molar-refractivity contribution is 5.81. The van der Waals surface area contributed by atoms with Gasteiger partial charge in [0.15, 0.2) is 6.61 Å². The predicted octanol–water partition coefficient (Wildman–Crippen LogP) is 2.79. The van der Waals surface area contributed by atoms with E-state index in [0.717, 1.165) is 30.6 Å². The van der Waals surface area contributed by atoms with E-state index in [1.54, 1.807) is 31.4 Å². The van der Waals surface area contributed by atoms with E-state index >= 15 is 0 Å². The van der Waals surface area contributed by atoms with Gasteiger partial charge in [-0.25, -0.2) is 0 Å². The standard InChI is InChI=1S/C19H25NO4/c1-23-17-9-7-16(8-10-17)13-19(22)24-14-18(21)20-12-11-15-5-3-2-4-6-15/h5,7-10H,2-4,6,11-14H2,1H3,(H,20,21). The molecule has 0 radical (unpaired) electrons. The van der Waals surface area contributed by atoms with Crippen LogP contribution < -0.4 is 10.1 Å². The Balaban J connectivity index is 1.61. The Labute approximate surface area is 143 Å². The molecule has 1 aliphatic carbocycles. The quantitative estimate of drug-likeness (QED) is 0.588. The second kappa shape index (κ2) is 9.75. The molecule has 0 heterocycles. The minimum atomic E-state index is -0.412. The fourth-order valence-electron chi connectivity index (χ4n) is 2.65. The van der Waals surface area contributed by atoms with Gasteiger partial charge in [0.05, 0.1) is 13.5 Å². The first-order chi connectivity index (χ1) is 11.7. The summed E-state index contributed by atoms with van der Waals surface area (Å²) in [5.41, 5.74) is 2.24. The second-order valence-electron chi connectivity index (χ2n) is 5.89. The first-order valence-electron chi connectivity index (χ1n) is 8.40. The number of carbonyl (C=O) groups is 2. The third-order valence-corrected chi connectivity index (χ3v) is 4.03. The van der Waals surface area contributed by atoms with Crippen LogP contribution in [0.3, 0.4) is 0 Å². The summed E-state index contributed by atoms with van der Waals surface area (Å²) in [4.78, 5) is 23.5. The van der Waals surface area contributed by atoms with Crippen molar-refractivity contribution in [2.24, 2.45) is 0 Å². The number of methoxy groups -OCH3 is 1. The first kappa shape index (κ1) is 18.0. The van der Waals surface area contributed by atoms with Crippen LogP contribution in [-0.2, 0) is 20.7 Å². The number of hydrogen-bond acceptors (Lipinski definition) is 4. The molecule has 2 rings (SSSR count). The minimum absolute atomic E-state index is 0.143. The molecular weight excluding hydrogens is 306 g/mol. The molecule has 1 amide bonds. The van der Waals surface area contributed by atoms with E-state index in [1.165, 1.54) is 18.4 Å². The molecular formula is C19H25NO4. The summed E-state index contributed by atoms with van der Waals surface area (Å²) in [6.07, 6.45) is 8.07. The van der Waals surface area contributed by atoms with Crippen molar-refractivity contribution >= 4 is 11.9 Å². The van der Waals surface area contributed by atoms with Gasteiger partial charge in [-0.15, -0.1) is 0 Å². The highest BCUT2D eigenvalue weighted by Crippen LogP contribution is 2.19. The van der Waals surface area contributed by atoms with Crippen LogP contribution in [0.1, 0.15) is 37.7 Å². The van der Waals surface area contributed by atoms with Crippen molar-refractivity contribution in [2.45, 2.75) is 38.5 Å². The lowest BCUT2D eigenvalue weighted by molar-refractivity contribution is -0.147. The Morgan fingerprint density at radius 3 is 2.62 bits per heavy atom. The van der Waals surface area contributed by atoms with Gasteiger partial charge in [-0.05, 0) is 49.8 Å². The summed E-state index contributed by atoms with van der Waals surface area (Å²) >= 11 is 0. The summed E-state index contributed by atoms with van der Waals surface area (Å²) in [7, 11) is 1.59. The van der Waals surface area contributed by atoms with Crippen LogP contribution in [0, 0.1) is 0 Å². The number of carbonyl (C=O) groups excluding carboxylic acids is 2. The second-order valence-corrected chi connectivity index (χ2v) is 5.89. The smallest absolute Gasteiger partial charge is 0.310 e. The minimum Gasteiger partial charge on any atom is -0.497 e. The molecule has 1 N–H and O–H groups in total. The van der Waals surface area contributed by atoms with Gasteiger partial charge in [0, 0.05) is 6.54 Å². The van der Waals surface area contributed by atoms with Crippen LogP contribution in [0.4, 0.5) is 0 Å². The number of benzene rings is 1. The topological polar surface area (TPSA) is 64.6 Å². The number of hydrogen-bond donors (Lipinski definition) is 1. The Morgan fingerprint density at radius 1 is 1.17 bits per heavy atom. The van der Waals surface area contributed by atoms with Gasteiger partial charge in [-0.3, -0.25) is 9.59 Å². The van der Waals surface area contributed by atoms with Crippen LogP contribution in [-0.4, -0.2) is 32.1 Å². The van der Waals surface area contributed by atoms with E-state index in [9.17, 15) is 9.59 Å². The van der Waals surface area contributed by atoms with Crippen molar-refractivity contribution in [2.75, 3.05) is 20.3 Å². The van der Waals surface area contributed by atoms with E-state index in [4.69, 9.17) is 9.47 Å². The van der Waals surface area contributed by atoms with E-state index < -0.39 is 5.97 Å². The van der Waals surface area contributed by atoms with E-state index in [2.05, 4.69) is 11.4 Å². The molecule has 1 aromatic carbocycles. The molecule has 0 aliphatic heterocycles. The lowest BCUT2D eigenvalue weighted by atomic mass is 9.97. The van der Waals surface area contributed by atoms with Gasteiger partial charge >= 0.3 is 5.97 Å². The number of ether oxygens (including phenoxy) is 2. The van der Waals surface area contributed by atoms with E-state index in [0.29, 0.717) is 6.54 Å². The van der Waals surface area contributed by atoms with Crippen LogP contribution in [0.15, 0.2) is 35.9 Å². The maximum absolute atomic E-state index is 11.7. The monoisotopic (exact) mass is 331 g/mol. The number of nitrogens with one attached hydrogen (secondary N) is 1. The fraction of sp³-hybridized carbons (Fsp3) is 0.474. The Bertz CT molecular complexity index is 578. The van der Waals surface area contributed by atoms with Crippen molar-refractivity contribution < 1.29 is 19.1 Å². The Kier molecular flexibility index (Phi) is 7.33. The summed E-state index contributed by atoms with van der Waals surface area (Å²) < 4.78 is 10.1. The van der Waals surface area contributed by atoms with Gasteiger partial charge in [0.25, 0.3) is 5.91 Å². The van der Waals surface area contributed by atoms with Crippen molar-refractivity contribution in [3.05, 3.63) is 41.5 Å². The van der Waals surface area contributed by atoms with Gasteiger partial charge in [0.1, 0.15) is 5.75 Å². The molecule has 0 fully saturated rings. The summed E-state index contributed by atoms with van der Waals surface area (Å²) in [5.74, 6) is 0.0689. The van der Waals surface area contributed by atoms with Crippen molar-refractivity contribution in [1.82, 2.24) is 5.32 Å². The zero-order valence-electron chi connectivity index (χ0n) is 14.2. The lowest BCUT2D eigenvalue weighted by Gasteiger charge is -2.13. The zero-order chi connectivity index (χ0) is 17.2. The molecule has 1 aliphatic rings. The molecule has 24 heavy (non-hydrogen) atoms. The van der Waals surface area contributed by atoms with Gasteiger partial charge in [0.2, 0.25) is 0 Å². The average molecular weight is 331 g/mol. The molecule has 0 aromatic heterocycles. The van der Waals surface area contributed by atoms with Crippen LogP contribution >= 0.6 is 0 Å². The average Bonchev–Trinajstić information content (AvgIpc) is 2.61. The normalized spacial score (nSPS) is 13.8. The Hall–Kier alpha value is -2.30. The zero-order valence-corrected chi connectivity index (χ0v) is 14.2. The number of amides is 1. The van der Waals surface area contributed by atoms with Crippen LogP contribution in [0.5, 0.6) is 5.75 Å². The van der Waals surface area contributed by atoms with Crippen molar-refractivity contribution in [3.8, 4) is 5.75 Å². The highest BCUT2D eigenvalue weighted by Gasteiger charge is 2.09. The summed E-state index contributed by atoms with van der Waals surface area (Å²) in [6.45, 7) is 0.370. The van der Waals surface area contributed by atoms with Crippen LogP contribution in [0.2, 0.25) is 0 Å². The molecule has 0 atom stereocenters. The Morgan fingerprint density at radius 2 is 1.96 bits per heavy atom. The maximum Gasteiger partial charge on any atom is 0.310 e. The van der Waals surface area contributed by atoms with Crippen LogP contribution in [0.25, 0.3) is 0 Å². The fourth-order valence-corrected chi connectivity index (χ4v) is 2.65. The molecule has 0 spiro atoms. The molecule has 5 heteroatoms. The summed E-state index contributed by atoms with van der Waals surface area (Å²) in [5, 5.41) is 2.79. The van der Waals surface area contributed by atoms with E-state index in [1.807, 2.05) is 0 Å². The molecule has 0 saturated carbocycles. The van der Waals surface area contributed by atoms with Crippen molar-refractivity contribution in [3.63, 3.8) is 0 Å². The summed E-state index contributed by atoms with van der Waals surface area (Å²) in [6, 6.07) is 7.18. The largest absolute Gasteiger partial charge is 0.497 e. The number of allylic oxidation sites excluding steroid dienone is 1. The molecule has 0 saturated heterocycles. The molecule has 0 bridgehead atoms. The third kappa shape index (κ3) is 6.44. The molecule has 1 aromatic rings. The lowest BCUT2D eigenvalue weighted by Crippen LogP contribution is -2.30. The maximum atomic E-state index is 11.7. The SMILES string of the molecule is COc1ccc(CC(=O)OCC(=O)NCCC2=CCCCC2)cc1. The number of esters is 1. The first-order valence-corrected chi connectivity index (χ1v) is 8.40. The van der Waals surface area contributed by atoms with Gasteiger partial charge in [-0.1, -0.05) is 23.8 Å². The predicted molar refractivity (Wildman–Crippen MR) is 91.8 cm³/mol. The van der Waals surface area contributed by atoms with Gasteiger partial charge in [-0.2, -0.15) is 0 Å². The van der Waals surface area contributed by atoms with Gasteiger partial charge < -0.3 is 14.8 Å². The third-order valence-electron chi connectivity index (χ3n) is 4.03. The highest BCUT2D eigenvalue weighted by atomic mass is 16.5. The number of rotatable bonds is 8. The molecule has 0 unspecified atom stereocenters. The molecule has 5 nitrogen and oxygen atoms in total. The van der Waals surface area contributed by atoms with Crippen molar-refractivity contribution in [1.29, 1.82) is 0 Å².